The van der Waals surface area contributed by atoms with Gasteiger partial charge in [-0.1, -0.05) is 36.8 Å². The lowest BCUT2D eigenvalue weighted by molar-refractivity contribution is -0.151. The van der Waals surface area contributed by atoms with E-state index in [4.69, 9.17) is 4.74 Å². The molecule has 2 heterocycles. The summed E-state index contributed by atoms with van der Waals surface area (Å²) >= 11 is 1.44. The number of ether oxygens (including phenoxy) is 1. The summed E-state index contributed by atoms with van der Waals surface area (Å²) in [6.45, 7) is 0.296. The van der Waals surface area contributed by atoms with Crippen molar-refractivity contribution in [2.45, 2.75) is 45.1 Å². The number of nitrogens with one attached hydrogen (secondary N) is 1. The molecule has 1 aliphatic heterocycles. The second-order valence-corrected chi connectivity index (χ2v) is 9.30. The number of benzene rings is 1. The smallest absolute Gasteiger partial charge is 0.311 e. The fourth-order valence-electron chi connectivity index (χ4n) is 4.25. The molecule has 1 aromatic carbocycles. The standard InChI is InChI=1S/C24H25N3O4S/c25-12-19-18-9-5-2-6-10-20(18)32-23(19)26-21(28)15-31-24(30)17-11-22(29)27(14-17)13-16-7-3-1-4-8-16/h1,3-4,7-8,17H,2,5-6,9-11,13-15H2,(H,26,28). The second-order valence-electron chi connectivity index (χ2n) is 8.20. The van der Waals surface area contributed by atoms with E-state index >= 15 is 0 Å². The van der Waals surface area contributed by atoms with E-state index in [2.05, 4.69) is 11.4 Å². The van der Waals surface area contributed by atoms with Gasteiger partial charge in [-0.05, 0) is 36.8 Å². The van der Waals surface area contributed by atoms with Crippen molar-refractivity contribution in [3.05, 3.63) is 51.9 Å². The number of hydrogen-bond donors (Lipinski definition) is 1. The van der Waals surface area contributed by atoms with Crippen LogP contribution in [0.3, 0.4) is 0 Å². The summed E-state index contributed by atoms with van der Waals surface area (Å²) in [5, 5.41) is 12.8. The Morgan fingerprint density at radius 3 is 2.75 bits per heavy atom. The molecule has 4 rings (SSSR count). The summed E-state index contributed by atoms with van der Waals surface area (Å²) in [6.07, 6.45) is 5.15. The van der Waals surface area contributed by atoms with Crippen LogP contribution in [0.5, 0.6) is 0 Å². The minimum Gasteiger partial charge on any atom is -0.455 e. The molecule has 1 fully saturated rings. The quantitative estimate of drug-likeness (QED) is 0.536. The molecule has 2 aliphatic rings. The largest absolute Gasteiger partial charge is 0.455 e. The molecule has 0 saturated carbocycles. The Morgan fingerprint density at radius 1 is 1.19 bits per heavy atom. The minimum atomic E-state index is -0.577. The Labute approximate surface area is 191 Å². The van der Waals surface area contributed by atoms with E-state index in [1.165, 1.54) is 11.3 Å². The first-order valence-electron chi connectivity index (χ1n) is 10.9. The number of hydrogen-bond acceptors (Lipinski definition) is 6. The Morgan fingerprint density at radius 2 is 1.97 bits per heavy atom. The maximum atomic E-state index is 12.4. The zero-order chi connectivity index (χ0) is 22.5. The van der Waals surface area contributed by atoms with E-state index in [1.807, 2.05) is 30.3 Å². The van der Waals surface area contributed by atoms with Gasteiger partial charge in [0.05, 0.1) is 11.5 Å². The van der Waals surface area contributed by atoms with Crippen LogP contribution in [-0.2, 0) is 38.5 Å². The summed E-state index contributed by atoms with van der Waals surface area (Å²) < 4.78 is 5.19. The predicted octanol–water partition coefficient (Wildman–Crippen LogP) is 3.42. The van der Waals surface area contributed by atoms with Crippen molar-refractivity contribution in [3.63, 3.8) is 0 Å². The van der Waals surface area contributed by atoms with Crippen LogP contribution in [0.2, 0.25) is 0 Å². The molecule has 1 aliphatic carbocycles. The number of carbonyl (C=O) groups excluding carboxylic acids is 3. The van der Waals surface area contributed by atoms with Crippen molar-refractivity contribution in [1.82, 2.24) is 4.90 Å². The van der Waals surface area contributed by atoms with Crippen LogP contribution >= 0.6 is 11.3 Å². The zero-order valence-corrected chi connectivity index (χ0v) is 18.6. The number of rotatable bonds is 6. The van der Waals surface area contributed by atoms with E-state index in [0.717, 1.165) is 48.1 Å². The van der Waals surface area contributed by atoms with Crippen LogP contribution in [0, 0.1) is 17.2 Å². The third-order valence-electron chi connectivity index (χ3n) is 5.90. The molecule has 0 spiro atoms. The molecule has 1 saturated heterocycles. The molecule has 0 radical (unpaired) electrons. The average Bonchev–Trinajstić information content (AvgIpc) is 3.22. The van der Waals surface area contributed by atoms with Gasteiger partial charge in [-0.15, -0.1) is 11.3 Å². The van der Waals surface area contributed by atoms with Crippen molar-refractivity contribution in [2.75, 3.05) is 18.5 Å². The number of amides is 2. The number of aryl methyl sites for hydroxylation is 1. The fraction of sp³-hybridized carbons (Fsp3) is 0.417. The molecular weight excluding hydrogens is 426 g/mol. The third-order valence-corrected chi connectivity index (χ3v) is 7.10. The maximum absolute atomic E-state index is 12.4. The van der Waals surface area contributed by atoms with Crippen molar-refractivity contribution < 1.29 is 19.1 Å². The highest BCUT2D eigenvalue weighted by Gasteiger charge is 2.35. The number of nitrogens with zero attached hydrogens (tertiary/aromatic N) is 2. The molecule has 1 aromatic heterocycles. The predicted molar refractivity (Wildman–Crippen MR) is 120 cm³/mol. The minimum absolute atomic E-state index is 0.0868. The first-order valence-corrected chi connectivity index (χ1v) is 11.7. The van der Waals surface area contributed by atoms with Gasteiger partial charge in [0.25, 0.3) is 5.91 Å². The monoisotopic (exact) mass is 451 g/mol. The summed E-state index contributed by atoms with van der Waals surface area (Å²) in [7, 11) is 0. The molecule has 7 nitrogen and oxygen atoms in total. The molecule has 1 N–H and O–H groups in total. The Bertz CT molecular complexity index is 1060. The van der Waals surface area contributed by atoms with Gasteiger partial charge >= 0.3 is 5.97 Å². The Hall–Kier alpha value is -3.18. The van der Waals surface area contributed by atoms with Crippen molar-refractivity contribution in [3.8, 4) is 6.07 Å². The number of likely N-dealkylation sites (tertiary alicyclic amines) is 1. The Balaban J connectivity index is 1.30. The lowest BCUT2D eigenvalue weighted by Gasteiger charge is -2.16. The van der Waals surface area contributed by atoms with Gasteiger partial charge in [-0.3, -0.25) is 14.4 Å². The summed E-state index contributed by atoms with van der Waals surface area (Å²) in [4.78, 5) is 39.9. The Kier molecular flexibility index (Phi) is 6.86. The number of esters is 1. The fourth-order valence-corrected chi connectivity index (χ4v) is 5.51. The van der Waals surface area contributed by atoms with Gasteiger partial charge in [0.2, 0.25) is 5.91 Å². The molecule has 8 heteroatoms. The SMILES string of the molecule is N#Cc1c(NC(=O)COC(=O)C2CC(=O)N(Cc3ccccc3)C2)sc2c1CCCCC2. The molecular formula is C24H25N3O4S. The molecule has 1 unspecified atom stereocenters. The van der Waals surface area contributed by atoms with E-state index in [1.54, 1.807) is 4.90 Å². The lowest BCUT2D eigenvalue weighted by atomic mass is 10.1. The van der Waals surface area contributed by atoms with Crippen LogP contribution in [0.15, 0.2) is 30.3 Å². The van der Waals surface area contributed by atoms with Crippen LogP contribution in [0.1, 0.15) is 47.3 Å². The molecule has 32 heavy (non-hydrogen) atoms. The van der Waals surface area contributed by atoms with Crippen LogP contribution in [-0.4, -0.2) is 35.8 Å². The van der Waals surface area contributed by atoms with E-state index in [9.17, 15) is 19.6 Å². The van der Waals surface area contributed by atoms with Gasteiger partial charge in [0.15, 0.2) is 6.61 Å². The molecule has 166 valence electrons. The molecule has 0 bridgehead atoms. The normalized spacial score (nSPS) is 17.9. The number of fused-ring (bicyclic) bond motifs is 1. The van der Waals surface area contributed by atoms with Crippen molar-refractivity contribution >= 4 is 34.1 Å². The van der Waals surface area contributed by atoms with Gasteiger partial charge in [0.1, 0.15) is 11.1 Å². The lowest BCUT2D eigenvalue weighted by Crippen LogP contribution is -2.28. The highest BCUT2D eigenvalue weighted by Crippen LogP contribution is 2.37. The van der Waals surface area contributed by atoms with Crippen LogP contribution in [0.25, 0.3) is 0 Å². The summed E-state index contributed by atoms with van der Waals surface area (Å²) in [5.74, 6) is -1.70. The highest BCUT2D eigenvalue weighted by molar-refractivity contribution is 7.16. The average molecular weight is 452 g/mol. The van der Waals surface area contributed by atoms with Gasteiger partial charge in [0, 0.05) is 24.4 Å². The second kappa shape index (κ2) is 9.96. The maximum Gasteiger partial charge on any atom is 0.311 e. The third kappa shape index (κ3) is 5.00. The van der Waals surface area contributed by atoms with Crippen molar-refractivity contribution in [2.24, 2.45) is 5.92 Å². The first-order chi connectivity index (χ1) is 15.5. The van der Waals surface area contributed by atoms with Gasteiger partial charge < -0.3 is 15.0 Å². The van der Waals surface area contributed by atoms with Crippen molar-refractivity contribution in [1.29, 1.82) is 5.26 Å². The van der Waals surface area contributed by atoms with Crippen LogP contribution < -0.4 is 5.32 Å². The van der Waals surface area contributed by atoms with Crippen LogP contribution in [0.4, 0.5) is 5.00 Å². The summed E-state index contributed by atoms with van der Waals surface area (Å²) in [6, 6.07) is 11.8. The van der Waals surface area contributed by atoms with Gasteiger partial charge in [-0.2, -0.15) is 5.26 Å². The molecule has 2 amide bonds. The number of carbonyl (C=O) groups is 3. The summed E-state index contributed by atoms with van der Waals surface area (Å²) in [5.41, 5.74) is 2.58. The van der Waals surface area contributed by atoms with E-state index in [0.29, 0.717) is 17.1 Å². The number of nitriles is 1. The highest BCUT2D eigenvalue weighted by atomic mass is 32.1. The number of thiophene rings is 1. The van der Waals surface area contributed by atoms with E-state index < -0.39 is 24.4 Å². The topological polar surface area (TPSA) is 99.5 Å². The van der Waals surface area contributed by atoms with Gasteiger partial charge in [-0.25, -0.2) is 0 Å². The molecule has 1 atom stereocenters. The molecule has 2 aromatic rings. The first kappa shape index (κ1) is 22.0. The zero-order valence-electron chi connectivity index (χ0n) is 17.8. The number of anilines is 1. The van der Waals surface area contributed by atoms with E-state index in [-0.39, 0.29) is 18.9 Å².